The van der Waals surface area contributed by atoms with Gasteiger partial charge in [-0.25, -0.2) is 17.8 Å². The van der Waals surface area contributed by atoms with Gasteiger partial charge in [-0.2, -0.15) is 4.98 Å². The number of rotatable bonds is 5. The van der Waals surface area contributed by atoms with Crippen LogP contribution in [0.25, 0.3) is 5.70 Å². The molecule has 32 heavy (non-hydrogen) atoms. The van der Waals surface area contributed by atoms with Crippen molar-refractivity contribution in [2.45, 2.75) is 10.9 Å². The highest BCUT2D eigenvalue weighted by Crippen LogP contribution is 2.33. The fourth-order valence-corrected chi connectivity index (χ4v) is 4.59. The maximum absolute atomic E-state index is 12.7. The van der Waals surface area contributed by atoms with Gasteiger partial charge in [0, 0.05) is 10.7 Å². The number of nitrogens with one attached hydrogen (secondary N) is 2. The van der Waals surface area contributed by atoms with Crippen molar-refractivity contribution in [3.05, 3.63) is 107 Å². The molecule has 0 saturated heterocycles. The Morgan fingerprint density at radius 3 is 2.25 bits per heavy atom. The lowest BCUT2D eigenvalue weighted by molar-refractivity contribution is 0.598. The average Bonchev–Trinajstić information content (AvgIpc) is 3.21. The molecule has 1 aliphatic heterocycles. The molecule has 0 spiro atoms. The number of hydrogen-bond acceptors (Lipinski definition) is 5. The van der Waals surface area contributed by atoms with E-state index in [1.165, 1.54) is 12.1 Å². The van der Waals surface area contributed by atoms with Gasteiger partial charge in [0.15, 0.2) is 0 Å². The molecular formula is C23H18ClN5O2S. The van der Waals surface area contributed by atoms with Crippen LogP contribution in [0.5, 0.6) is 0 Å². The molecule has 2 heterocycles. The Labute approximate surface area is 190 Å². The van der Waals surface area contributed by atoms with Gasteiger partial charge >= 0.3 is 0 Å². The molecule has 4 aromatic rings. The summed E-state index contributed by atoms with van der Waals surface area (Å²) in [4.78, 5) is 4.55. The average molecular weight is 464 g/mol. The highest BCUT2D eigenvalue weighted by atomic mass is 35.5. The van der Waals surface area contributed by atoms with Gasteiger partial charge in [0.1, 0.15) is 6.04 Å². The Bertz CT molecular complexity index is 1390. The Morgan fingerprint density at radius 2 is 1.56 bits per heavy atom. The lowest BCUT2D eigenvalue weighted by Crippen LogP contribution is -2.20. The van der Waals surface area contributed by atoms with Crippen LogP contribution in [0.3, 0.4) is 0 Å². The summed E-state index contributed by atoms with van der Waals surface area (Å²) in [5.41, 5.74) is 2.74. The van der Waals surface area contributed by atoms with Crippen LogP contribution < -0.4 is 10.0 Å². The smallest absolute Gasteiger partial charge is 0.264 e. The molecule has 1 aliphatic rings. The zero-order chi connectivity index (χ0) is 22.1. The zero-order valence-electron chi connectivity index (χ0n) is 16.7. The van der Waals surface area contributed by atoms with E-state index in [0.717, 1.165) is 16.8 Å². The summed E-state index contributed by atoms with van der Waals surface area (Å²) in [6, 6.07) is 25.1. The summed E-state index contributed by atoms with van der Waals surface area (Å²) in [5.74, 6) is 0.417. The largest absolute Gasteiger partial charge is 0.324 e. The molecule has 1 aromatic heterocycles. The molecule has 5 rings (SSSR count). The first kappa shape index (κ1) is 20.3. The quantitative estimate of drug-likeness (QED) is 0.444. The third-order valence-electron chi connectivity index (χ3n) is 5.04. The molecule has 0 amide bonds. The molecule has 0 fully saturated rings. The van der Waals surface area contributed by atoms with E-state index in [1.54, 1.807) is 22.9 Å². The second-order valence-electron chi connectivity index (χ2n) is 7.19. The molecule has 0 radical (unpaired) electrons. The molecule has 160 valence electrons. The van der Waals surface area contributed by atoms with E-state index < -0.39 is 10.0 Å². The minimum absolute atomic E-state index is 0.0111. The van der Waals surface area contributed by atoms with Crippen LogP contribution in [0.15, 0.2) is 95.9 Å². The molecular weight excluding hydrogens is 446 g/mol. The number of fused-ring (bicyclic) bond motifs is 1. The van der Waals surface area contributed by atoms with E-state index >= 15 is 0 Å². The highest BCUT2D eigenvalue weighted by Gasteiger charge is 2.27. The van der Waals surface area contributed by atoms with Crippen LogP contribution in [-0.4, -0.2) is 23.2 Å². The number of allylic oxidation sites excluding steroid dienone is 1. The fraction of sp³-hybridized carbons (Fsp3) is 0.0435. The summed E-state index contributed by atoms with van der Waals surface area (Å²) in [6.45, 7) is 0. The van der Waals surface area contributed by atoms with Gasteiger partial charge in [-0.05, 0) is 41.5 Å². The van der Waals surface area contributed by atoms with Crippen LogP contribution in [0.4, 0.5) is 11.9 Å². The Hall–Kier alpha value is -3.62. The van der Waals surface area contributed by atoms with Crippen molar-refractivity contribution in [1.82, 2.24) is 14.8 Å². The first-order valence-corrected chi connectivity index (χ1v) is 11.7. The molecule has 0 bridgehead atoms. The minimum Gasteiger partial charge on any atom is -0.324 e. The number of halogens is 1. The summed E-state index contributed by atoms with van der Waals surface area (Å²) in [7, 11) is -3.81. The standard InChI is InChI=1S/C23H18ClN5O2S/c24-18-13-11-16(12-14-18)20-15-21(17-7-3-1-4-8-17)29-23(25-20)26-22(27-29)28-32(30,31)19-9-5-2-6-10-19/h1-15,21H,(H2,25,26,27,28). The van der Waals surface area contributed by atoms with Crippen LogP contribution in [0, 0.1) is 0 Å². The first-order valence-electron chi connectivity index (χ1n) is 9.84. The zero-order valence-corrected chi connectivity index (χ0v) is 18.3. The Kier molecular flexibility index (Phi) is 5.16. The van der Waals surface area contributed by atoms with E-state index in [9.17, 15) is 8.42 Å². The van der Waals surface area contributed by atoms with Crippen LogP contribution in [0.1, 0.15) is 17.2 Å². The minimum atomic E-state index is -3.81. The van der Waals surface area contributed by atoms with E-state index in [4.69, 9.17) is 11.6 Å². The molecule has 1 atom stereocenters. The van der Waals surface area contributed by atoms with Crippen molar-refractivity contribution in [2.24, 2.45) is 0 Å². The van der Waals surface area contributed by atoms with Crippen LogP contribution in [-0.2, 0) is 10.0 Å². The molecule has 2 N–H and O–H groups in total. The van der Waals surface area contributed by atoms with Gasteiger partial charge in [0.2, 0.25) is 5.95 Å². The number of hydrogen-bond donors (Lipinski definition) is 2. The maximum atomic E-state index is 12.7. The molecule has 9 heteroatoms. The molecule has 7 nitrogen and oxygen atoms in total. The number of benzene rings is 3. The van der Waals surface area contributed by atoms with Crippen molar-refractivity contribution in [1.29, 1.82) is 0 Å². The van der Waals surface area contributed by atoms with Crippen molar-refractivity contribution in [2.75, 3.05) is 10.0 Å². The van der Waals surface area contributed by atoms with Gasteiger partial charge in [0.25, 0.3) is 16.0 Å². The normalized spacial score (nSPS) is 15.4. The van der Waals surface area contributed by atoms with Gasteiger partial charge in [-0.3, -0.25) is 0 Å². The van der Waals surface area contributed by atoms with E-state index in [1.807, 2.05) is 60.7 Å². The predicted molar refractivity (Wildman–Crippen MR) is 125 cm³/mol. The van der Waals surface area contributed by atoms with Gasteiger partial charge in [0.05, 0.1) is 4.90 Å². The lowest BCUT2D eigenvalue weighted by atomic mass is 10.0. The van der Waals surface area contributed by atoms with Gasteiger partial charge in [-0.1, -0.05) is 72.3 Å². The fourth-order valence-electron chi connectivity index (χ4n) is 3.50. The third kappa shape index (κ3) is 3.98. The van der Waals surface area contributed by atoms with Gasteiger partial charge in [-0.15, -0.1) is 5.10 Å². The Morgan fingerprint density at radius 1 is 0.906 bits per heavy atom. The first-order chi connectivity index (χ1) is 15.5. The number of sulfonamides is 1. The van der Waals surface area contributed by atoms with E-state index in [2.05, 4.69) is 20.1 Å². The molecule has 3 aromatic carbocycles. The second-order valence-corrected chi connectivity index (χ2v) is 9.31. The van der Waals surface area contributed by atoms with Gasteiger partial charge < -0.3 is 5.32 Å². The second kappa shape index (κ2) is 8.14. The van der Waals surface area contributed by atoms with Crippen molar-refractivity contribution in [3.63, 3.8) is 0 Å². The maximum Gasteiger partial charge on any atom is 0.264 e. The highest BCUT2D eigenvalue weighted by molar-refractivity contribution is 7.92. The number of aromatic nitrogens is 3. The predicted octanol–water partition coefficient (Wildman–Crippen LogP) is 4.79. The Balaban J connectivity index is 1.54. The van der Waals surface area contributed by atoms with Crippen molar-refractivity contribution in [3.8, 4) is 0 Å². The number of anilines is 2. The molecule has 0 aliphatic carbocycles. The van der Waals surface area contributed by atoms with Crippen molar-refractivity contribution < 1.29 is 8.42 Å². The summed E-state index contributed by atoms with van der Waals surface area (Å²) in [6.07, 6.45) is 2.02. The van der Waals surface area contributed by atoms with Crippen LogP contribution in [0.2, 0.25) is 5.02 Å². The SMILES string of the molecule is O=S(=O)(Nc1nc2n(n1)C(c1ccccc1)C=C(c1ccc(Cl)cc1)N2)c1ccccc1. The molecule has 0 saturated carbocycles. The summed E-state index contributed by atoms with van der Waals surface area (Å²) < 4.78 is 29.6. The summed E-state index contributed by atoms with van der Waals surface area (Å²) >= 11 is 6.04. The molecule has 1 unspecified atom stereocenters. The lowest BCUT2D eigenvalue weighted by Gasteiger charge is -2.24. The number of nitrogens with zero attached hydrogens (tertiary/aromatic N) is 3. The monoisotopic (exact) mass is 463 g/mol. The third-order valence-corrected chi connectivity index (χ3v) is 6.64. The van der Waals surface area contributed by atoms with Crippen molar-refractivity contribution >= 4 is 39.2 Å². The summed E-state index contributed by atoms with van der Waals surface area (Å²) in [5, 5.41) is 8.34. The topological polar surface area (TPSA) is 88.9 Å². The van der Waals surface area contributed by atoms with E-state index in [0.29, 0.717) is 11.0 Å². The van der Waals surface area contributed by atoms with Crippen LogP contribution >= 0.6 is 11.6 Å². The van der Waals surface area contributed by atoms with E-state index in [-0.39, 0.29) is 16.9 Å².